The molecule has 0 aliphatic rings. The van der Waals surface area contributed by atoms with Crippen LogP contribution >= 0.6 is 11.6 Å². The van der Waals surface area contributed by atoms with E-state index in [0.29, 0.717) is 18.0 Å². The second-order valence-electron chi connectivity index (χ2n) is 6.23. The number of rotatable bonds is 7. The van der Waals surface area contributed by atoms with Crippen LogP contribution in [-0.4, -0.2) is 27.0 Å². The van der Waals surface area contributed by atoms with E-state index in [1.807, 2.05) is 32.0 Å². The molecule has 0 radical (unpaired) electrons. The predicted molar refractivity (Wildman–Crippen MR) is 107 cm³/mol. The summed E-state index contributed by atoms with van der Waals surface area (Å²) >= 11 is 6.05. The van der Waals surface area contributed by atoms with Crippen LogP contribution in [0, 0.1) is 13.8 Å². The molecule has 0 fully saturated rings. The van der Waals surface area contributed by atoms with E-state index in [1.54, 1.807) is 6.92 Å². The van der Waals surface area contributed by atoms with Crippen molar-refractivity contribution in [3.63, 3.8) is 0 Å². The average molecular weight is 411 g/mol. The first-order chi connectivity index (χ1) is 12.6. The number of ether oxygens (including phenoxy) is 1. The molecule has 27 heavy (non-hydrogen) atoms. The van der Waals surface area contributed by atoms with Crippen LogP contribution in [0.4, 0.5) is 5.69 Å². The summed E-state index contributed by atoms with van der Waals surface area (Å²) in [5, 5.41) is 2.91. The normalized spacial score (nSPS) is 12.5. The Morgan fingerprint density at radius 3 is 2.33 bits per heavy atom. The number of halogens is 1. The number of carbonyl (C=O) groups is 1. The number of anilines is 1. The van der Waals surface area contributed by atoms with Crippen LogP contribution in [0.2, 0.25) is 5.02 Å². The molecule has 0 aliphatic carbocycles. The number of nitrogens with one attached hydrogen (secondary N) is 2. The maximum absolute atomic E-state index is 12.5. The Morgan fingerprint density at radius 2 is 1.78 bits per heavy atom. The minimum Gasteiger partial charge on any atom is -0.492 e. The summed E-state index contributed by atoms with van der Waals surface area (Å²) in [6.07, 6.45) is 0. The Bertz CT molecular complexity index is 924. The van der Waals surface area contributed by atoms with Crippen molar-refractivity contribution in [1.29, 1.82) is 0 Å². The molecule has 0 saturated carbocycles. The van der Waals surface area contributed by atoms with E-state index in [1.165, 1.54) is 25.1 Å². The van der Waals surface area contributed by atoms with Crippen LogP contribution in [0.25, 0.3) is 0 Å². The summed E-state index contributed by atoms with van der Waals surface area (Å²) in [5.74, 6) is -0.0562. The molecule has 1 amide bonds. The molecule has 0 unspecified atom stereocenters. The summed E-state index contributed by atoms with van der Waals surface area (Å²) < 4.78 is 32.7. The molecule has 0 aliphatic heterocycles. The van der Waals surface area contributed by atoms with Gasteiger partial charge in [-0.1, -0.05) is 17.7 Å². The minimum absolute atomic E-state index is 0.0398. The van der Waals surface area contributed by atoms with Gasteiger partial charge in [-0.3, -0.25) is 4.79 Å². The summed E-state index contributed by atoms with van der Waals surface area (Å²) in [7, 11) is -3.92. The lowest BCUT2D eigenvalue weighted by atomic mass is 10.1. The lowest BCUT2D eigenvalue weighted by Gasteiger charge is -2.16. The largest absolute Gasteiger partial charge is 0.492 e. The van der Waals surface area contributed by atoms with Crippen molar-refractivity contribution < 1.29 is 17.9 Å². The summed E-state index contributed by atoms with van der Waals surface area (Å²) in [6, 6.07) is 8.81. The fourth-order valence-corrected chi connectivity index (χ4v) is 4.10. The van der Waals surface area contributed by atoms with Gasteiger partial charge in [0.2, 0.25) is 15.9 Å². The van der Waals surface area contributed by atoms with Gasteiger partial charge in [0.05, 0.1) is 22.6 Å². The predicted octanol–water partition coefficient (Wildman–Crippen LogP) is 3.66. The quantitative estimate of drug-likeness (QED) is 0.729. The van der Waals surface area contributed by atoms with Crippen molar-refractivity contribution in [3.8, 4) is 5.75 Å². The van der Waals surface area contributed by atoms with Gasteiger partial charge in [0.1, 0.15) is 5.75 Å². The summed E-state index contributed by atoms with van der Waals surface area (Å²) in [6.45, 7) is 7.54. The number of aryl methyl sites for hydroxylation is 2. The third-order valence-electron chi connectivity index (χ3n) is 3.73. The zero-order valence-corrected chi connectivity index (χ0v) is 17.2. The van der Waals surface area contributed by atoms with Gasteiger partial charge in [0, 0.05) is 5.69 Å². The zero-order chi connectivity index (χ0) is 20.2. The molecule has 2 aromatic rings. The number of benzene rings is 2. The number of hydrogen-bond acceptors (Lipinski definition) is 4. The number of hydrogen-bond donors (Lipinski definition) is 2. The van der Waals surface area contributed by atoms with Crippen molar-refractivity contribution in [3.05, 3.63) is 52.5 Å². The van der Waals surface area contributed by atoms with Crippen molar-refractivity contribution in [2.45, 2.75) is 38.6 Å². The maximum Gasteiger partial charge on any atom is 0.242 e. The van der Waals surface area contributed by atoms with E-state index in [9.17, 15) is 13.2 Å². The molecule has 8 heteroatoms. The number of amides is 1. The molecule has 1 atom stereocenters. The van der Waals surface area contributed by atoms with Crippen LogP contribution in [0.3, 0.4) is 0 Å². The molecule has 0 spiro atoms. The zero-order valence-electron chi connectivity index (χ0n) is 15.7. The van der Waals surface area contributed by atoms with E-state index < -0.39 is 22.0 Å². The Hall–Kier alpha value is -2.09. The van der Waals surface area contributed by atoms with E-state index in [0.717, 1.165) is 11.1 Å². The first-order valence-electron chi connectivity index (χ1n) is 8.46. The van der Waals surface area contributed by atoms with Crippen LogP contribution in [-0.2, 0) is 14.8 Å². The first kappa shape index (κ1) is 21.2. The van der Waals surface area contributed by atoms with Crippen molar-refractivity contribution in [2.24, 2.45) is 0 Å². The smallest absolute Gasteiger partial charge is 0.242 e. The van der Waals surface area contributed by atoms with Crippen LogP contribution < -0.4 is 14.8 Å². The Morgan fingerprint density at radius 1 is 1.15 bits per heavy atom. The van der Waals surface area contributed by atoms with E-state index >= 15 is 0 Å². The summed E-state index contributed by atoms with van der Waals surface area (Å²) in [5.41, 5.74) is 2.62. The monoisotopic (exact) mass is 410 g/mol. The van der Waals surface area contributed by atoms with Gasteiger partial charge in [-0.2, -0.15) is 4.72 Å². The highest BCUT2D eigenvalue weighted by Crippen LogP contribution is 2.27. The molecule has 6 nitrogen and oxygen atoms in total. The third-order valence-corrected chi connectivity index (χ3v) is 5.56. The van der Waals surface area contributed by atoms with Crippen molar-refractivity contribution in [1.82, 2.24) is 4.72 Å². The fourth-order valence-electron chi connectivity index (χ4n) is 2.57. The van der Waals surface area contributed by atoms with Crippen molar-refractivity contribution in [2.75, 3.05) is 11.9 Å². The van der Waals surface area contributed by atoms with E-state index in [-0.39, 0.29) is 9.92 Å². The lowest BCUT2D eigenvalue weighted by Crippen LogP contribution is -2.41. The van der Waals surface area contributed by atoms with Gasteiger partial charge in [-0.25, -0.2) is 8.42 Å². The van der Waals surface area contributed by atoms with E-state index in [4.69, 9.17) is 16.3 Å². The van der Waals surface area contributed by atoms with Crippen LogP contribution in [0.15, 0.2) is 41.3 Å². The van der Waals surface area contributed by atoms with Crippen LogP contribution in [0.1, 0.15) is 25.0 Å². The number of sulfonamides is 1. The van der Waals surface area contributed by atoms with Gasteiger partial charge < -0.3 is 10.1 Å². The van der Waals surface area contributed by atoms with Gasteiger partial charge in [-0.15, -0.1) is 0 Å². The van der Waals surface area contributed by atoms with E-state index in [2.05, 4.69) is 10.0 Å². The fraction of sp³-hybridized carbons (Fsp3) is 0.316. The maximum atomic E-state index is 12.5. The van der Waals surface area contributed by atoms with Crippen LogP contribution in [0.5, 0.6) is 5.75 Å². The molecule has 0 saturated heterocycles. The first-order valence-corrected chi connectivity index (χ1v) is 10.3. The Balaban J connectivity index is 2.12. The SMILES string of the molecule is CCOc1ccc(S(=O)(=O)N[C@@H](C)C(=O)Nc2cc(C)cc(C)c2)cc1Cl. The molecular weight excluding hydrogens is 388 g/mol. The molecule has 2 rings (SSSR count). The molecule has 0 aromatic heterocycles. The van der Waals surface area contributed by atoms with Gasteiger partial charge in [-0.05, 0) is 69.2 Å². The highest BCUT2D eigenvalue weighted by molar-refractivity contribution is 7.89. The second kappa shape index (κ2) is 8.73. The lowest BCUT2D eigenvalue weighted by molar-refractivity contribution is -0.117. The molecule has 0 bridgehead atoms. The average Bonchev–Trinajstić information content (AvgIpc) is 2.55. The third kappa shape index (κ3) is 5.69. The highest BCUT2D eigenvalue weighted by atomic mass is 35.5. The molecule has 146 valence electrons. The Labute approximate surface area is 164 Å². The second-order valence-corrected chi connectivity index (χ2v) is 8.36. The molecular formula is C19H23ClN2O4S. The molecule has 0 heterocycles. The number of carbonyl (C=O) groups excluding carboxylic acids is 1. The molecule has 2 N–H and O–H groups in total. The van der Waals surface area contributed by atoms with Gasteiger partial charge in [0.25, 0.3) is 0 Å². The minimum atomic E-state index is -3.92. The molecule has 2 aromatic carbocycles. The topological polar surface area (TPSA) is 84.5 Å². The van der Waals surface area contributed by atoms with Gasteiger partial charge in [0.15, 0.2) is 0 Å². The highest BCUT2D eigenvalue weighted by Gasteiger charge is 2.23. The van der Waals surface area contributed by atoms with Gasteiger partial charge >= 0.3 is 0 Å². The Kier molecular flexibility index (Phi) is 6.86. The summed E-state index contributed by atoms with van der Waals surface area (Å²) in [4.78, 5) is 12.3. The van der Waals surface area contributed by atoms with Crippen molar-refractivity contribution >= 4 is 33.2 Å². The standard InChI is InChI=1S/C19H23ClN2O4S/c1-5-26-18-7-6-16(11-17(18)20)27(24,25)22-14(4)19(23)21-15-9-12(2)8-13(3)10-15/h6-11,14,22H,5H2,1-4H3,(H,21,23)/t14-/m0/s1.